The highest BCUT2D eigenvalue weighted by molar-refractivity contribution is 5.77. The van der Waals surface area contributed by atoms with Crippen LogP contribution in [0.5, 0.6) is 0 Å². The molecular formula is C15H24O3. The molecule has 1 saturated heterocycles. The fourth-order valence-corrected chi connectivity index (χ4v) is 3.79. The number of ether oxygens (including phenoxy) is 2. The molecule has 3 fully saturated rings. The van der Waals surface area contributed by atoms with Crippen molar-refractivity contribution < 1.29 is 14.3 Å². The average Bonchev–Trinajstić information content (AvgIpc) is 2.19. The van der Waals surface area contributed by atoms with E-state index >= 15 is 0 Å². The molecule has 1 spiro atoms. The van der Waals surface area contributed by atoms with Gasteiger partial charge in [-0.3, -0.25) is 4.79 Å². The first-order valence-electron chi connectivity index (χ1n) is 7.21. The van der Waals surface area contributed by atoms with Crippen LogP contribution in [0.4, 0.5) is 0 Å². The van der Waals surface area contributed by atoms with E-state index in [1.807, 2.05) is 6.92 Å². The van der Waals surface area contributed by atoms with Crippen LogP contribution in [0.25, 0.3) is 0 Å². The van der Waals surface area contributed by atoms with E-state index in [0.29, 0.717) is 5.92 Å². The SMILES string of the molecule is CC(C)(C)[C@@]1(C)OC(=O)[C@H]2C[C@H]3CCCC[C@@]32O1. The van der Waals surface area contributed by atoms with Crippen LogP contribution in [0.3, 0.4) is 0 Å². The Hall–Kier alpha value is -0.570. The third kappa shape index (κ3) is 1.43. The summed E-state index contributed by atoms with van der Waals surface area (Å²) in [6.45, 7) is 8.16. The molecule has 18 heavy (non-hydrogen) atoms. The van der Waals surface area contributed by atoms with E-state index < -0.39 is 5.79 Å². The Labute approximate surface area is 109 Å². The van der Waals surface area contributed by atoms with Crippen molar-refractivity contribution >= 4 is 5.97 Å². The predicted molar refractivity (Wildman–Crippen MR) is 67.8 cm³/mol. The predicted octanol–water partition coefficient (Wildman–Crippen LogP) is 3.27. The lowest BCUT2D eigenvalue weighted by atomic mass is 9.54. The Morgan fingerprint density at radius 2 is 2.00 bits per heavy atom. The molecule has 0 bridgehead atoms. The van der Waals surface area contributed by atoms with Gasteiger partial charge in [0.15, 0.2) is 0 Å². The van der Waals surface area contributed by atoms with E-state index in [0.717, 1.165) is 12.8 Å². The van der Waals surface area contributed by atoms with Crippen LogP contribution in [-0.2, 0) is 14.3 Å². The van der Waals surface area contributed by atoms with Gasteiger partial charge in [0.2, 0.25) is 5.79 Å². The molecule has 0 unspecified atom stereocenters. The van der Waals surface area contributed by atoms with Crippen molar-refractivity contribution in [3.05, 3.63) is 0 Å². The van der Waals surface area contributed by atoms with Gasteiger partial charge in [-0.25, -0.2) is 0 Å². The van der Waals surface area contributed by atoms with Crippen LogP contribution in [-0.4, -0.2) is 17.4 Å². The van der Waals surface area contributed by atoms with E-state index in [1.54, 1.807) is 0 Å². The molecule has 0 aromatic heterocycles. The second-order valence-electron chi connectivity index (χ2n) is 7.40. The van der Waals surface area contributed by atoms with Crippen molar-refractivity contribution in [3.63, 3.8) is 0 Å². The molecule has 2 saturated carbocycles. The molecule has 1 heterocycles. The van der Waals surface area contributed by atoms with Crippen LogP contribution in [0.2, 0.25) is 0 Å². The van der Waals surface area contributed by atoms with Gasteiger partial charge in [0, 0.05) is 12.3 Å². The molecule has 0 N–H and O–H groups in total. The number of cyclic esters (lactones) is 1. The molecule has 4 atom stereocenters. The lowest BCUT2D eigenvalue weighted by Crippen LogP contribution is -2.71. The summed E-state index contributed by atoms with van der Waals surface area (Å²) in [4.78, 5) is 12.3. The van der Waals surface area contributed by atoms with Gasteiger partial charge in [-0.15, -0.1) is 0 Å². The maximum absolute atomic E-state index is 12.3. The van der Waals surface area contributed by atoms with Crippen molar-refractivity contribution in [3.8, 4) is 0 Å². The van der Waals surface area contributed by atoms with Crippen LogP contribution < -0.4 is 0 Å². The van der Waals surface area contributed by atoms with Gasteiger partial charge < -0.3 is 9.47 Å². The Balaban J connectivity index is 1.94. The highest BCUT2D eigenvalue weighted by Crippen LogP contribution is 2.61. The zero-order valence-electron chi connectivity index (χ0n) is 11.9. The molecular weight excluding hydrogens is 228 g/mol. The molecule has 1 aliphatic heterocycles. The third-order valence-corrected chi connectivity index (χ3v) is 5.50. The Morgan fingerprint density at radius 3 is 2.61 bits per heavy atom. The normalized spacial score (nSPS) is 47.7. The zero-order valence-corrected chi connectivity index (χ0v) is 11.9. The summed E-state index contributed by atoms with van der Waals surface area (Å²) in [5, 5.41) is 0. The van der Waals surface area contributed by atoms with Crippen LogP contribution in [0.1, 0.15) is 59.8 Å². The fourth-order valence-electron chi connectivity index (χ4n) is 3.79. The molecule has 0 amide bonds. The zero-order chi connectivity index (χ0) is 13.2. The van der Waals surface area contributed by atoms with Gasteiger partial charge in [0.25, 0.3) is 0 Å². The van der Waals surface area contributed by atoms with E-state index in [9.17, 15) is 4.79 Å². The largest absolute Gasteiger partial charge is 0.432 e. The second-order valence-corrected chi connectivity index (χ2v) is 7.40. The Morgan fingerprint density at radius 1 is 1.28 bits per heavy atom. The van der Waals surface area contributed by atoms with E-state index in [2.05, 4.69) is 20.8 Å². The lowest BCUT2D eigenvalue weighted by Gasteiger charge is -2.64. The number of esters is 1. The fraction of sp³-hybridized carbons (Fsp3) is 0.933. The Bertz CT molecular complexity index is 384. The maximum atomic E-state index is 12.3. The van der Waals surface area contributed by atoms with Gasteiger partial charge in [0.05, 0.1) is 11.5 Å². The molecule has 0 aromatic carbocycles. The molecule has 0 radical (unpaired) electrons. The Kier molecular flexibility index (Phi) is 2.42. The number of rotatable bonds is 0. The molecule has 3 aliphatic rings. The highest BCUT2D eigenvalue weighted by atomic mass is 16.7. The summed E-state index contributed by atoms with van der Waals surface area (Å²) in [7, 11) is 0. The second kappa shape index (κ2) is 3.50. The van der Waals surface area contributed by atoms with Crippen LogP contribution >= 0.6 is 0 Å². The van der Waals surface area contributed by atoms with Gasteiger partial charge in [-0.1, -0.05) is 33.6 Å². The quantitative estimate of drug-likeness (QED) is 0.621. The van der Waals surface area contributed by atoms with Gasteiger partial charge in [-0.2, -0.15) is 0 Å². The van der Waals surface area contributed by atoms with E-state index in [-0.39, 0.29) is 22.9 Å². The molecule has 3 heteroatoms. The van der Waals surface area contributed by atoms with Crippen molar-refractivity contribution in [2.75, 3.05) is 0 Å². The van der Waals surface area contributed by atoms with E-state index in [1.165, 1.54) is 19.3 Å². The standard InChI is InChI=1S/C15H24O3/c1-13(2,3)14(4)17-12(16)11-9-10-7-5-6-8-15(10,11)18-14/h10-11H,5-9H2,1-4H3/t10-,11-,14+,15-/m1/s1. The van der Waals surface area contributed by atoms with Gasteiger partial charge in [-0.05, 0) is 25.2 Å². The smallest absolute Gasteiger partial charge is 0.314 e. The number of hydrogen-bond donors (Lipinski definition) is 0. The minimum Gasteiger partial charge on any atom is -0.432 e. The van der Waals surface area contributed by atoms with Crippen molar-refractivity contribution in [1.29, 1.82) is 0 Å². The van der Waals surface area contributed by atoms with Crippen molar-refractivity contribution in [2.24, 2.45) is 17.3 Å². The maximum Gasteiger partial charge on any atom is 0.314 e. The molecule has 102 valence electrons. The first-order valence-corrected chi connectivity index (χ1v) is 7.21. The molecule has 3 rings (SSSR count). The first-order chi connectivity index (χ1) is 8.29. The summed E-state index contributed by atoms with van der Waals surface area (Å²) >= 11 is 0. The monoisotopic (exact) mass is 252 g/mol. The first kappa shape index (κ1) is 12.5. The van der Waals surface area contributed by atoms with Crippen molar-refractivity contribution in [1.82, 2.24) is 0 Å². The summed E-state index contributed by atoms with van der Waals surface area (Å²) in [5.74, 6) is -0.239. The average molecular weight is 252 g/mol. The van der Waals surface area contributed by atoms with Crippen molar-refractivity contribution in [2.45, 2.75) is 71.2 Å². The minimum absolute atomic E-state index is 0.00164. The summed E-state index contributed by atoms with van der Waals surface area (Å²) in [5.41, 5.74) is -0.393. The minimum atomic E-state index is -0.781. The van der Waals surface area contributed by atoms with Gasteiger partial charge in [0.1, 0.15) is 0 Å². The molecule has 0 aromatic rings. The lowest BCUT2D eigenvalue weighted by molar-refractivity contribution is -0.386. The summed E-state index contributed by atoms with van der Waals surface area (Å²) < 4.78 is 12.1. The molecule has 3 nitrogen and oxygen atoms in total. The van der Waals surface area contributed by atoms with Gasteiger partial charge >= 0.3 is 5.97 Å². The summed E-state index contributed by atoms with van der Waals surface area (Å²) in [6.07, 6.45) is 5.68. The molecule has 2 aliphatic carbocycles. The van der Waals surface area contributed by atoms with E-state index in [4.69, 9.17) is 9.47 Å². The third-order valence-electron chi connectivity index (χ3n) is 5.50. The highest BCUT2D eigenvalue weighted by Gasteiger charge is 2.67. The number of carbonyl (C=O) groups is 1. The van der Waals surface area contributed by atoms with Crippen LogP contribution in [0.15, 0.2) is 0 Å². The number of hydrogen-bond acceptors (Lipinski definition) is 3. The summed E-state index contributed by atoms with van der Waals surface area (Å²) in [6, 6.07) is 0. The topological polar surface area (TPSA) is 35.5 Å². The van der Waals surface area contributed by atoms with Crippen LogP contribution in [0, 0.1) is 17.3 Å². The number of carbonyl (C=O) groups excluding carboxylic acids is 1.